The summed E-state index contributed by atoms with van der Waals surface area (Å²) in [4.78, 5) is 37.3. The van der Waals surface area contributed by atoms with E-state index in [1.165, 1.54) is 0 Å². The van der Waals surface area contributed by atoms with Crippen LogP contribution in [0.3, 0.4) is 0 Å². The molecule has 2 atom stereocenters. The number of ether oxygens (including phenoxy) is 2. The highest BCUT2D eigenvalue weighted by molar-refractivity contribution is 5.90. The molecule has 0 spiro atoms. The molecular weight excluding hydrogens is 448 g/mol. The first-order valence-corrected chi connectivity index (χ1v) is 11.5. The van der Waals surface area contributed by atoms with Gasteiger partial charge in [-0.1, -0.05) is 56.8 Å². The van der Waals surface area contributed by atoms with Crippen molar-refractivity contribution >= 4 is 17.8 Å². The Morgan fingerprint density at radius 2 is 1.69 bits per heavy atom. The van der Waals surface area contributed by atoms with Crippen molar-refractivity contribution in [1.29, 1.82) is 0 Å². The summed E-state index contributed by atoms with van der Waals surface area (Å²) in [6.45, 7) is 9.41. The second-order valence-electron chi connectivity index (χ2n) is 8.65. The standard InChI is InChI=1S/C27H34N2O6/c1-5-14-34-21-12-10-20(11-13-21)16-23(27(32)33)29-26(31)22(15-18(2)3)28-25(30)17-35-24-9-7-6-8-19(24)4/h5-13,18,22-23H,1,14-17H2,2-4H3,(H,28,30)(H,29,31)(H,32,33)/t22-,23-/m0/s1. The predicted molar refractivity (Wildman–Crippen MR) is 133 cm³/mol. The number of carboxylic acid groups (broad SMARTS) is 1. The maximum atomic E-state index is 13.0. The summed E-state index contributed by atoms with van der Waals surface area (Å²) in [5, 5.41) is 14.9. The Hall–Kier alpha value is -3.81. The number of rotatable bonds is 14. The van der Waals surface area contributed by atoms with Crippen LogP contribution in [0.4, 0.5) is 0 Å². The Kier molecular flexibility index (Phi) is 10.8. The second-order valence-corrected chi connectivity index (χ2v) is 8.65. The van der Waals surface area contributed by atoms with Crippen LogP contribution in [-0.2, 0) is 20.8 Å². The maximum Gasteiger partial charge on any atom is 0.326 e. The third-order valence-electron chi connectivity index (χ3n) is 5.16. The number of nitrogens with one attached hydrogen (secondary N) is 2. The Morgan fingerprint density at radius 1 is 1.00 bits per heavy atom. The van der Waals surface area contributed by atoms with Crippen molar-refractivity contribution in [1.82, 2.24) is 10.6 Å². The zero-order valence-corrected chi connectivity index (χ0v) is 20.5. The number of aryl methyl sites for hydroxylation is 1. The van der Waals surface area contributed by atoms with Gasteiger partial charge in [0.25, 0.3) is 5.91 Å². The first-order chi connectivity index (χ1) is 16.7. The SMILES string of the molecule is C=CCOc1ccc(C[C@H](NC(=O)[C@H](CC(C)C)NC(=O)COc2ccccc2C)C(=O)O)cc1. The Bertz CT molecular complexity index is 1000. The van der Waals surface area contributed by atoms with E-state index in [2.05, 4.69) is 17.2 Å². The fourth-order valence-electron chi connectivity index (χ4n) is 3.39. The summed E-state index contributed by atoms with van der Waals surface area (Å²) in [5.74, 6) is -0.869. The Balaban J connectivity index is 2.00. The molecule has 0 saturated carbocycles. The van der Waals surface area contributed by atoms with Gasteiger partial charge in [-0.2, -0.15) is 0 Å². The molecule has 3 N–H and O–H groups in total. The van der Waals surface area contributed by atoms with Crippen molar-refractivity contribution in [3.8, 4) is 11.5 Å². The molecule has 0 heterocycles. The highest BCUT2D eigenvalue weighted by Gasteiger charge is 2.27. The van der Waals surface area contributed by atoms with Gasteiger partial charge in [0.05, 0.1) is 0 Å². The molecule has 0 fully saturated rings. The van der Waals surface area contributed by atoms with Gasteiger partial charge in [-0.15, -0.1) is 0 Å². The van der Waals surface area contributed by atoms with Crippen LogP contribution in [0.2, 0.25) is 0 Å². The summed E-state index contributed by atoms with van der Waals surface area (Å²) in [5.41, 5.74) is 1.61. The normalized spacial score (nSPS) is 12.3. The average molecular weight is 483 g/mol. The Labute approximate surface area is 206 Å². The molecule has 2 aromatic rings. The highest BCUT2D eigenvalue weighted by atomic mass is 16.5. The zero-order valence-electron chi connectivity index (χ0n) is 20.5. The van der Waals surface area contributed by atoms with E-state index in [0.717, 1.165) is 11.1 Å². The van der Waals surface area contributed by atoms with Crippen LogP contribution < -0.4 is 20.1 Å². The maximum absolute atomic E-state index is 13.0. The van der Waals surface area contributed by atoms with E-state index in [1.54, 1.807) is 36.4 Å². The van der Waals surface area contributed by atoms with Crippen LogP contribution in [0.5, 0.6) is 11.5 Å². The van der Waals surface area contributed by atoms with Gasteiger partial charge >= 0.3 is 5.97 Å². The lowest BCUT2D eigenvalue weighted by atomic mass is 10.0. The molecule has 8 nitrogen and oxygen atoms in total. The minimum atomic E-state index is -1.16. The molecule has 0 saturated heterocycles. The van der Waals surface area contributed by atoms with Crippen LogP contribution >= 0.6 is 0 Å². The zero-order chi connectivity index (χ0) is 25.8. The molecule has 0 aromatic heterocycles. The van der Waals surface area contributed by atoms with Gasteiger partial charge in [0.2, 0.25) is 5.91 Å². The van der Waals surface area contributed by atoms with Crippen LogP contribution in [0.25, 0.3) is 0 Å². The van der Waals surface area contributed by atoms with Crippen LogP contribution in [0.1, 0.15) is 31.4 Å². The van der Waals surface area contributed by atoms with Crippen molar-refractivity contribution in [2.75, 3.05) is 13.2 Å². The molecule has 0 radical (unpaired) electrons. The van der Waals surface area contributed by atoms with Crippen molar-refractivity contribution in [2.24, 2.45) is 5.92 Å². The summed E-state index contributed by atoms with van der Waals surface area (Å²) in [6.07, 6.45) is 2.07. The molecule has 0 aliphatic rings. The molecule has 0 aliphatic heterocycles. The predicted octanol–water partition coefficient (Wildman–Crippen LogP) is 3.28. The highest BCUT2D eigenvalue weighted by Crippen LogP contribution is 2.16. The van der Waals surface area contributed by atoms with Crippen molar-refractivity contribution < 1.29 is 29.0 Å². The molecule has 35 heavy (non-hydrogen) atoms. The minimum Gasteiger partial charge on any atom is -0.490 e. The number of carbonyl (C=O) groups excluding carboxylic acids is 2. The molecule has 2 amide bonds. The van der Waals surface area contributed by atoms with Gasteiger partial charge in [-0.25, -0.2) is 4.79 Å². The first kappa shape index (κ1) is 27.4. The van der Waals surface area contributed by atoms with Gasteiger partial charge in [0.15, 0.2) is 6.61 Å². The largest absolute Gasteiger partial charge is 0.490 e. The second kappa shape index (κ2) is 13.8. The number of benzene rings is 2. The third kappa shape index (κ3) is 9.52. The van der Waals surface area contributed by atoms with Crippen molar-refractivity contribution in [2.45, 2.75) is 45.7 Å². The van der Waals surface area contributed by atoms with Crippen LogP contribution in [0.15, 0.2) is 61.2 Å². The number of hydrogen-bond donors (Lipinski definition) is 3. The lowest BCUT2D eigenvalue weighted by Crippen LogP contribution is -2.53. The smallest absolute Gasteiger partial charge is 0.326 e. The first-order valence-electron chi connectivity index (χ1n) is 11.5. The third-order valence-corrected chi connectivity index (χ3v) is 5.16. The number of aliphatic carboxylic acids is 1. The van der Waals surface area contributed by atoms with Gasteiger partial charge in [-0.05, 0) is 48.6 Å². The van der Waals surface area contributed by atoms with Gasteiger partial charge < -0.3 is 25.2 Å². The fourth-order valence-corrected chi connectivity index (χ4v) is 3.39. The molecule has 188 valence electrons. The van der Waals surface area contributed by atoms with Crippen molar-refractivity contribution in [3.63, 3.8) is 0 Å². The molecule has 2 rings (SSSR count). The number of carbonyl (C=O) groups is 3. The van der Waals surface area contributed by atoms with Crippen LogP contribution in [0, 0.1) is 12.8 Å². The summed E-state index contributed by atoms with van der Waals surface area (Å²) >= 11 is 0. The fraction of sp³-hybridized carbons (Fsp3) is 0.370. The van der Waals surface area contributed by atoms with E-state index < -0.39 is 29.9 Å². The van der Waals surface area contributed by atoms with E-state index in [0.29, 0.717) is 24.5 Å². The summed E-state index contributed by atoms with van der Waals surface area (Å²) in [6, 6.07) is 12.2. The molecule has 0 bridgehead atoms. The van der Waals surface area contributed by atoms with E-state index >= 15 is 0 Å². The van der Waals surface area contributed by atoms with Crippen molar-refractivity contribution in [3.05, 3.63) is 72.3 Å². The van der Waals surface area contributed by atoms with E-state index in [-0.39, 0.29) is 18.9 Å². The molecule has 0 unspecified atom stereocenters. The Morgan fingerprint density at radius 3 is 2.29 bits per heavy atom. The monoisotopic (exact) mass is 482 g/mol. The number of para-hydroxylation sites is 1. The quantitative estimate of drug-likeness (QED) is 0.356. The number of carboxylic acids is 1. The van der Waals surface area contributed by atoms with Gasteiger partial charge in [0.1, 0.15) is 30.2 Å². The molecule has 2 aromatic carbocycles. The van der Waals surface area contributed by atoms with E-state index in [4.69, 9.17) is 9.47 Å². The minimum absolute atomic E-state index is 0.0849. The van der Waals surface area contributed by atoms with E-state index in [9.17, 15) is 19.5 Å². The topological polar surface area (TPSA) is 114 Å². The molecular formula is C27H34N2O6. The molecule has 8 heteroatoms. The van der Waals surface area contributed by atoms with E-state index in [1.807, 2.05) is 39.0 Å². The molecule has 0 aliphatic carbocycles. The summed E-state index contributed by atoms with van der Waals surface area (Å²) in [7, 11) is 0. The van der Waals surface area contributed by atoms with Gasteiger partial charge in [-0.3, -0.25) is 9.59 Å². The van der Waals surface area contributed by atoms with Gasteiger partial charge in [0, 0.05) is 6.42 Å². The lowest BCUT2D eigenvalue weighted by molar-refractivity contribution is -0.142. The lowest BCUT2D eigenvalue weighted by Gasteiger charge is -2.23. The average Bonchev–Trinajstić information content (AvgIpc) is 2.81. The number of amides is 2. The number of hydrogen-bond acceptors (Lipinski definition) is 5. The summed E-state index contributed by atoms with van der Waals surface area (Å²) < 4.78 is 11.0. The van der Waals surface area contributed by atoms with Crippen LogP contribution in [-0.4, -0.2) is 48.2 Å².